The Morgan fingerprint density at radius 1 is 1.05 bits per heavy atom. The highest BCUT2D eigenvalue weighted by Gasteiger charge is 2.41. The van der Waals surface area contributed by atoms with Crippen molar-refractivity contribution in [2.75, 3.05) is 6.61 Å². The molecule has 0 saturated carbocycles. The van der Waals surface area contributed by atoms with Crippen molar-refractivity contribution >= 4 is 11.6 Å². The predicted octanol–water partition coefficient (Wildman–Crippen LogP) is 0.294. The highest BCUT2D eigenvalue weighted by Crippen LogP contribution is 2.41. The number of rotatable bonds is 0. The Kier molecular flexibility index (Phi) is 2.25. The second kappa shape index (κ2) is 3.83. The molecule has 4 rings (SSSR count). The van der Waals surface area contributed by atoms with E-state index < -0.39 is 5.60 Å². The zero-order valence-electron chi connectivity index (χ0n) is 11.1. The minimum Gasteiger partial charge on any atom is -0.512 e. The summed E-state index contributed by atoms with van der Waals surface area (Å²) in [5.41, 5.74) is 0.266. The summed E-state index contributed by atoms with van der Waals surface area (Å²) in [6, 6.07) is 2.90. The third-order valence-electron chi connectivity index (χ3n) is 4.22. The van der Waals surface area contributed by atoms with Gasteiger partial charge in [-0.3, -0.25) is 0 Å². The number of aliphatic hydroxyl groups excluding tert-OH is 1. The summed E-state index contributed by atoms with van der Waals surface area (Å²) < 4.78 is 5.58. The van der Waals surface area contributed by atoms with E-state index in [9.17, 15) is 20.4 Å². The van der Waals surface area contributed by atoms with Crippen LogP contribution in [0.1, 0.15) is 12.8 Å². The second-order valence-corrected chi connectivity index (χ2v) is 5.64. The fourth-order valence-corrected chi connectivity index (χ4v) is 3.28. The molecule has 0 saturated heterocycles. The first-order valence-electron chi connectivity index (χ1n) is 6.76. The standard InChI is InChI=1S/C16H14O5/c17-9-1-2-10-14(4-9)21-7-16(20)6-8-3-12(18)13(19)5-11(8)15(10)16/h3-6,17-20H,1-2,7H2. The lowest BCUT2D eigenvalue weighted by Gasteiger charge is -2.34. The van der Waals surface area contributed by atoms with Gasteiger partial charge in [0.15, 0.2) is 11.5 Å². The zero-order valence-corrected chi connectivity index (χ0v) is 11.1. The van der Waals surface area contributed by atoms with Gasteiger partial charge >= 0.3 is 0 Å². The molecular formula is C16H14O5. The number of hydrogen-bond donors (Lipinski definition) is 4. The molecule has 1 aromatic rings. The third-order valence-corrected chi connectivity index (χ3v) is 4.22. The molecule has 0 fully saturated rings. The average molecular weight is 286 g/mol. The van der Waals surface area contributed by atoms with Gasteiger partial charge in [0.1, 0.15) is 18.0 Å². The van der Waals surface area contributed by atoms with Crippen molar-refractivity contribution in [1.82, 2.24) is 0 Å². The number of benzene rings is 1. The van der Waals surface area contributed by atoms with Gasteiger partial charge < -0.3 is 25.2 Å². The normalized spacial score (nSPS) is 26.3. The maximum Gasteiger partial charge on any atom is 0.158 e. The summed E-state index contributed by atoms with van der Waals surface area (Å²) >= 11 is 0. The monoisotopic (exact) mass is 286 g/mol. The van der Waals surface area contributed by atoms with Crippen molar-refractivity contribution in [3.63, 3.8) is 0 Å². The molecule has 5 heteroatoms. The van der Waals surface area contributed by atoms with Crippen molar-refractivity contribution in [3.8, 4) is 11.5 Å². The van der Waals surface area contributed by atoms with Crippen LogP contribution in [0.25, 0.3) is 11.6 Å². The number of aliphatic hydroxyl groups is 2. The van der Waals surface area contributed by atoms with E-state index in [0.29, 0.717) is 34.6 Å². The summed E-state index contributed by atoms with van der Waals surface area (Å²) in [6.07, 6.45) is 4.26. The average Bonchev–Trinajstić information content (AvgIpc) is 2.71. The van der Waals surface area contributed by atoms with Crippen LogP contribution in [0.5, 0.6) is 11.5 Å². The van der Waals surface area contributed by atoms with Crippen molar-refractivity contribution < 1.29 is 25.2 Å². The zero-order chi connectivity index (χ0) is 14.8. The van der Waals surface area contributed by atoms with Gasteiger partial charge in [0.25, 0.3) is 0 Å². The smallest absolute Gasteiger partial charge is 0.158 e. The summed E-state index contributed by atoms with van der Waals surface area (Å²) in [5, 5.41) is 41.2. The first-order valence-corrected chi connectivity index (χ1v) is 6.76. The Morgan fingerprint density at radius 2 is 1.81 bits per heavy atom. The molecule has 0 spiro atoms. The minimum absolute atomic E-state index is 0.0428. The fourth-order valence-electron chi connectivity index (χ4n) is 3.28. The largest absolute Gasteiger partial charge is 0.512 e. The fraction of sp³-hybridized carbons (Fsp3) is 0.250. The molecule has 1 unspecified atom stereocenters. The van der Waals surface area contributed by atoms with E-state index in [1.54, 1.807) is 12.2 Å². The third kappa shape index (κ3) is 1.61. The van der Waals surface area contributed by atoms with E-state index in [1.165, 1.54) is 12.1 Å². The second-order valence-electron chi connectivity index (χ2n) is 5.64. The van der Waals surface area contributed by atoms with Crippen molar-refractivity contribution in [3.05, 3.63) is 45.7 Å². The molecule has 3 aliphatic rings. The molecule has 1 atom stereocenters. The van der Waals surface area contributed by atoms with E-state index >= 15 is 0 Å². The predicted molar refractivity (Wildman–Crippen MR) is 74.8 cm³/mol. The first kappa shape index (κ1) is 12.3. The van der Waals surface area contributed by atoms with Crippen molar-refractivity contribution in [2.45, 2.75) is 18.4 Å². The van der Waals surface area contributed by atoms with Gasteiger partial charge in [-0.25, -0.2) is 0 Å². The lowest BCUT2D eigenvalue weighted by Crippen LogP contribution is -2.38. The van der Waals surface area contributed by atoms with E-state index in [4.69, 9.17) is 4.74 Å². The van der Waals surface area contributed by atoms with Crippen LogP contribution in [0, 0.1) is 0 Å². The highest BCUT2D eigenvalue weighted by atomic mass is 16.5. The SMILES string of the molecule is OC1=CC2=C(CC1)C1=c3cc(O)c(O)cc3=CC1(O)CO2. The van der Waals surface area contributed by atoms with Gasteiger partial charge in [-0.1, -0.05) is 0 Å². The van der Waals surface area contributed by atoms with Crippen LogP contribution in [0.4, 0.5) is 0 Å². The van der Waals surface area contributed by atoms with Crippen LogP contribution in [0.3, 0.4) is 0 Å². The van der Waals surface area contributed by atoms with Gasteiger partial charge in [-0.15, -0.1) is 0 Å². The van der Waals surface area contributed by atoms with Crippen LogP contribution in [0.2, 0.25) is 0 Å². The first-order chi connectivity index (χ1) is 9.98. The van der Waals surface area contributed by atoms with E-state index in [0.717, 1.165) is 5.57 Å². The molecule has 4 N–H and O–H groups in total. The highest BCUT2D eigenvalue weighted by molar-refractivity contribution is 5.84. The molecule has 0 aromatic heterocycles. The maximum atomic E-state index is 10.8. The Morgan fingerprint density at radius 3 is 2.62 bits per heavy atom. The Balaban J connectivity index is 2.08. The van der Waals surface area contributed by atoms with E-state index in [1.807, 2.05) is 0 Å². The Hall–Kier alpha value is -2.40. The summed E-state index contributed by atoms with van der Waals surface area (Å²) in [5.74, 6) is 0.383. The minimum atomic E-state index is -1.26. The molecular weight excluding hydrogens is 272 g/mol. The number of hydrogen-bond acceptors (Lipinski definition) is 5. The molecule has 5 nitrogen and oxygen atoms in total. The number of allylic oxidation sites excluding steroid dienone is 2. The molecule has 21 heavy (non-hydrogen) atoms. The summed E-state index contributed by atoms with van der Waals surface area (Å²) in [7, 11) is 0. The lowest BCUT2D eigenvalue weighted by molar-refractivity contribution is 0.0578. The number of aromatic hydroxyl groups is 2. The molecule has 2 aliphatic carbocycles. The van der Waals surface area contributed by atoms with Crippen molar-refractivity contribution in [2.24, 2.45) is 0 Å². The van der Waals surface area contributed by atoms with Crippen LogP contribution in [-0.2, 0) is 4.74 Å². The van der Waals surface area contributed by atoms with E-state index in [-0.39, 0.29) is 23.9 Å². The van der Waals surface area contributed by atoms with Crippen LogP contribution in [-0.4, -0.2) is 32.6 Å². The van der Waals surface area contributed by atoms with Gasteiger partial charge in [0.2, 0.25) is 0 Å². The quantitative estimate of drug-likeness (QED) is 0.515. The molecule has 1 aliphatic heterocycles. The number of phenols is 2. The molecule has 108 valence electrons. The molecule has 0 amide bonds. The molecule has 1 heterocycles. The molecule has 0 bridgehead atoms. The van der Waals surface area contributed by atoms with Crippen LogP contribution >= 0.6 is 0 Å². The molecule has 1 aromatic carbocycles. The lowest BCUT2D eigenvalue weighted by atomic mass is 9.83. The van der Waals surface area contributed by atoms with Gasteiger partial charge in [-0.05, 0) is 35.1 Å². The van der Waals surface area contributed by atoms with Gasteiger partial charge in [0.05, 0.1) is 5.76 Å². The van der Waals surface area contributed by atoms with Crippen molar-refractivity contribution in [1.29, 1.82) is 0 Å². The summed E-state index contributed by atoms with van der Waals surface area (Å²) in [4.78, 5) is 0. The maximum absolute atomic E-state index is 10.8. The number of ether oxygens (including phenoxy) is 1. The molecule has 0 radical (unpaired) electrons. The number of phenolic OH excluding ortho intramolecular Hbond substituents is 2. The van der Waals surface area contributed by atoms with Gasteiger partial charge in [-0.2, -0.15) is 0 Å². The number of fused-ring (bicyclic) bond motifs is 3. The van der Waals surface area contributed by atoms with E-state index in [2.05, 4.69) is 0 Å². The van der Waals surface area contributed by atoms with Gasteiger partial charge in [0, 0.05) is 23.6 Å². The van der Waals surface area contributed by atoms with Crippen LogP contribution in [0.15, 0.2) is 35.3 Å². The topological polar surface area (TPSA) is 90.2 Å². The summed E-state index contributed by atoms with van der Waals surface area (Å²) in [6.45, 7) is 0.0428. The Labute approximate surface area is 120 Å². The van der Waals surface area contributed by atoms with Crippen LogP contribution < -0.4 is 10.4 Å². The Bertz CT molecular complexity index is 846.